The molecule has 0 rings (SSSR count). The summed E-state index contributed by atoms with van der Waals surface area (Å²) in [5.41, 5.74) is 0. The molecule has 0 aromatic carbocycles. The standard InChI is InChI=1S/C18H30O2/c1-3-4-5-6-7-8-9-10-11-12-13-14-15-16-17-18(19)20-2/h5-10H,3-4,11-17H2,1-2H3/b6-5-,8-7+,10-9-. The highest BCUT2D eigenvalue weighted by Gasteiger charge is 1.98. The molecule has 2 nitrogen and oxygen atoms in total. The van der Waals surface area contributed by atoms with E-state index in [0.717, 1.165) is 25.7 Å². The number of hydrogen-bond acceptors (Lipinski definition) is 2. The van der Waals surface area contributed by atoms with E-state index in [2.05, 4.69) is 48.1 Å². The summed E-state index contributed by atoms with van der Waals surface area (Å²) in [5, 5.41) is 0. The Labute approximate surface area is 124 Å². The summed E-state index contributed by atoms with van der Waals surface area (Å²) in [5.74, 6) is -0.0901. The van der Waals surface area contributed by atoms with E-state index in [-0.39, 0.29) is 5.97 Å². The van der Waals surface area contributed by atoms with E-state index in [1.54, 1.807) is 0 Å². The topological polar surface area (TPSA) is 26.3 Å². The molecule has 2 heteroatoms. The van der Waals surface area contributed by atoms with Crippen molar-refractivity contribution in [2.24, 2.45) is 0 Å². The number of hydrogen-bond donors (Lipinski definition) is 0. The summed E-state index contributed by atoms with van der Waals surface area (Å²) in [7, 11) is 1.45. The molecule has 0 N–H and O–H groups in total. The predicted molar refractivity (Wildman–Crippen MR) is 86.7 cm³/mol. The lowest BCUT2D eigenvalue weighted by atomic mass is 10.1. The predicted octanol–water partition coefficient (Wildman–Crippen LogP) is 5.36. The third-order valence-corrected chi connectivity index (χ3v) is 3.04. The largest absolute Gasteiger partial charge is 0.469 e. The van der Waals surface area contributed by atoms with Crippen LogP contribution in [0.2, 0.25) is 0 Å². The van der Waals surface area contributed by atoms with Gasteiger partial charge in [-0.3, -0.25) is 4.79 Å². The first-order chi connectivity index (χ1) is 9.81. The first-order valence-electron chi connectivity index (χ1n) is 7.86. The van der Waals surface area contributed by atoms with Crippen LogP contribution in [-0.2, 0) is 9.53 Å². The quantitative estimate of drug-likeness (QED) is 0.273. The fourth-order valence-electron chi connectivity index (χ4n) is 1.81. The van der Waals surface area contributed by atoms with Crippen molar-refractivity contribution in [1.82, 2.24) is 0 Å². The number of rotatable bonds is 12. The highest BCUT2D eigenvalue weighted by molar-refractivity contribution is 5.68. The lowest BCUT2D eigenvalue weighted by Crippen LogP contribution is -1.98. The summed E-state index contributed by atoms with van der Waals surface area (Å²) >= 11 is 0. The van der Waals surface area contributed by atoms with Crippen molar-refractivity contribution in [3.05, 3.63) is 36.5 Å². The number of methoxy groups -OCH3 is 1. The third-order valence-electron chi connectivity index (χ3n) is 3.04. The number of carbonyl (C=O) groups is 1. The molecule has 0 aliphatic heterocycles. The van der Waals surface area contributed by atoms with Crippen molar-refractivity contribution in [3.8, 4) is 0 Å². The molecule has 114 valence electrons. The van der Waals surface area contributed by atoms with Crippen LogP contribution in [0, 0.1) is 0 Å². The van der Waals surface area contributed by atoms with E-state index < -0.39 is 0 Å². The minimum Gasteiger partial charge on any atom is -0.469 e. The second kappa shape index (κ2) is 15.7. The second-order valence-electron chi connectivity index (χ2n) is 4.91. The highest BCUT2D eigenvalue weighted by Crippen LogP contribution is 2.08. The van der Waals surface area contributed by atoms with Gasteiger partial charge in [0.2, 0.25) is 0 Å². The smallest absolute Gasteiger partial charge is 0.305 e. The minimum absolute atomic E-state index is 0.0901. The van der Waals surface area contributed by atoms with Crippen LogP contribution < -0.4 is 0 Å². The van der Waals surface area contributed by atoms with Gasteiger partial charge in [-0.25, -0.2) is 0 Å². The number of ether oxygens (including phenoxy) is 1. The Morgan fingerprint density at radius 1 is 0.850 bits per heavy atom. The Morgan fingerprint density at radius 2 is 1.45 bits per heavy atom. The van der Waals surface area contributed by atoms with Gasteiger partial charge in [0.1, 0.15) is 0 Å². The Bertz CT molecular complexity index is 301. The van der Waals surface area contributed by atoms with Crippen LogP contribution in [0.4, 0.5) is 0 Å². The van der Waals surface area contributed by atoms with Gasteiger partial charge in [0.25, 0.3) is 0 Å². The maximum absolute atomic E-state index is 10.9. The van der Waals surface area contributed by atoms with Gasteiger partial charge in [0, 0.05) is 6.42 Å². The molecule has 0 aliphatic rings. The number of esters is 1. The molecule has 0 heterocycles. The van der Waals surface area contributed by atoms with E-state index in [4.69, 9.17) is 0 Å². The highest BCUT2D eigenvalue weighted by atomic mass is 16.5. The van der Waals surface area contributed by atoms with Crippen LogP contribution in [-0.4, -0.2) is 13.1 Å². The van der Waals surface area contributed by atoms with Gasteiger partial charge < -0.3 is 4.74 Å². The van der Waals surface area contributed by atoms with Crippen LogP contribution in [0.1, 0.15) is 64.7 Å². The molecule has 0 aliphatic carbocycles. The zero-order chi connectivity index (χ0) is 14.9. The van der Waals surface area contributed by atoms with Crippen molar-refractivity contribution in [1.29, 1.82) is 0 Å². The molecule has 0 saturated carbocycles. The molecule has 0 bridgehead atoms. The van der Waals surface area contributed by atoms with Gasteiger partial charge in [-0.15, -0.1) is 0 Å². The number of carbonyl (C=O) groups excluding carboxylic acids is 1. The summed E-state index contributed by atoms with van der Waals surface area (Å²) in [6.07, 6.45) is 22.6. The van der Waals surface area contributed by atoms with Gasteiger partial charge in [-0.1, -0.05) is 69.1 Å². The maximum Gasteiger partial charge on any atom is 0.305 e. The van der Waals surface area contributed by atoms with E-state index in [9.17, 15) is 4.79 Å². The Kier molecular flexibility index (Phi) is 14.7. The van der Waals surface area contributed by atoms with Crippen molar-refractivity contribution < 1.29 is 9.53 Å². The molecular formula is C18H30O2. The SMILES string of the molecule is CCC\C=C/C=C/C=C\CCCCCCCC(=O)OC. The Morgan fingerprint density at radius 3 is 2.10 bits per heavy atom. The average Bonchev–Trinajstić information content (AvgIpc) is 2.47. The molecule has 0 atom stereocenters. The molecule has 20 heavy (non-hydrogen) atoms. The molecule has 0 radical (unpaired) electrons. The molecule has 0 fully saturated rings. The zero-order valence-corrected chi connectivity index (χ0v) is 13.1. The normalized spacial score (nSPS) is 11.9. The fraction of sp³-hybridized carbons (Fsp3) is 0.611. The lowest BCUT2D eigenvalue weighted by Gasteiger charge is -1.99. The minimum atomic E-state index is -0.0901. The van der Waals surface area contributed by atoms with E-state index in [0.29, 0.717) is 6.42 Å². The first kappa shape index (κ1) is 18.7. The summed E-state index contributed by atoms with van der Waals surface area (Å²) < 4.78 is 4.60. The van der Waals surface area contributed by atoms with Crippen molar-refractivity contribution in [2.45, 2.75) is 64.7 Å². The van der Waals surface area contributed by atoms with Crippen molar-refractivity contribution in [3.63, 3.8) is 0 Å². The van der Waals surface area contributed by atoms with Crippen LogP contribution in [0.5, 0.6) is 0 Å². The molecule has 0 spiro atoms. The number of allylic oxidation sites excluding steroid dienone is 6. The lowest BCUT2D eigenvalue weighted by molar-refractivity contribution is -0.140. The zero-order valence-electron chi connectivity index (χ0n) is 13.1. The van der Waals surface area contributed by atoms with Gasteiger partial charge in [-0.2, -0.15) is 0 Å². The monoisotopic (exact) mass is 278 g/mol. The molecule has 0 unspecified atom stereocenters. The molecule has 0 aromatic heterocycles. The van der Waals surface area contributed by atoms with Gasteiger partial charge >= 0.3 is 5.97 Å². The van der Waals surface area contributed by atoms with Crippen LogP contribution >= 0.6 is 0 Å². The van der Waals surface area contributed by atoms with Gasteiger partial charge in [0.05, 0.1) is 7.11 Å². The van der Waals surface area contributed by atoms with Crippen LogP contribution in [0.25, 0.3) is 0 Å². The summed E-state index contributed by atoms with van der Waals surface area (Å²) in [4.78, 5) is 10.9. The Hall–Kier alpha value is -1.31. The summed E-state index contributed by atoms with van der Waals surface area (Å²) in [6, 6.07) is 0. The third kappa shape index (κ3) is 14.7. The Balaban J connectivity index is 3.29. The fourth-order valence-corrected chi connectivity index (χ4v) is 1.81. The van der Waals surface area contributed by atoms with E-state index >= 15 is 0 Å². The van der Waals surface area contributed by atoms with Gasteiger partial charge in [-0.05, 0) is 25.7 Å². The molecule has 0 saturated heterocycles. The van der Waals surface area contributed by atoms with Crippen LogP contribution in [0.3, 0.4) is 0 Å². The molecular weight excluding hydrogens is 248 g/mol. The van der Waals surface area contributed by atoms with Crippen molar-refractivity contribution >= 4 is 5.97 Å². The first-order valence-corrected chi connectivity index (χ1v) is 7.86. The average molecular weight is 278 g/mol. The molecule has 0 aromatic rings. The van der Waals surface area contributed by atoms with Crippen molar-refractivity contribution in [2.75, 3.05) is 7.11 Å². The van der Waals surface area contributed by atoms with E-state index in [1.807, 2.05) is 0 Å². The number of unbranched alkanes of at least 4 members (excludes halogenated alkanes) is 6. The van der Waals surface area contributed by atoms with Gasteiger partial charge in [0.15, 0.2) is 0 Å². The van der Waals surface area contributed by atoms with E-state index in [1.165, 1.54) is 32.8 Å². The van der Waals surface area contributed by atoms with Crippen LogP contribution in [0.15, 0.2) is 36.5 Å². The summed E-state index contributed by atoms with van der Waals surface area (Å²) in [6.45, 7) is 2.18. The second-order valence-corrected chi connectivity index (χ2v) is 4.91. The molecule has 0 amide bonds. The maximum atomic E-state index is 10.9.